The maximum atomic E-state index is 12.6. The van der Waals surface area contributed by atoms with Crippen LogP contribution in [-0.2, 0) is 0 Å². The lowest BCUT2D eigenvalue weighted by molar-refractivity contribution is 0.0737. The Balaban J connectivity index is 2.42. The van der Waals surface area contributed by atoms with Crippen LogP contribution in [0, 0.1) is 13.8 Å². The molecule has 7 heteroatoms. The number of aliphatic hydroxyl groups is 1. The molecule has 2 heterocycles. The SMILES string of the molecule is C=CCN(CCO)C(=O)c1nc(-n2nc(C)cc2C)ccc1Cl. The van der Waals surface area contributed by atoms with Crippen molar-refractivity contribution in [3.05, 3.63) is 53.0 Å². The summed E-state index contributed by atoms with van der Waals surface area (Å²) in [5.74, 6) is 0.165. The zero-order valence-electron chi connectivity index (χ0n) is 13.2. The molecule has 2 aromatic rings. The summed E-state index contributed by atoms with van der Waals surface area (Å²) in [7, 11) is 0. The molecule has 0 spiro atoms. The second kappa shape index (κ2) is 7.39. The Bertz CT molecular complexity index is 727. The molecule has 1 amide bonds. The zero-order chi connectivity index (χ0) is 17.0. The van der Waals surface area contributed by atoms with Crippen LogP contribution in [0.5, 0.6) is 0 Å². The minimum absolute atomic E-state index is 0.131. The Morgan fingerprint density at radius 2 is 2.22 bits per heavy atom. The van der Waals surface area contributed by atoms with Crippen LogP contribution in [-0.4, -0.2) is 50.4 Å². The molecule has 6 nitrogen and oxygen atoms in total. The van der Waals surface area contributed by atoms with Crippen LogP contribution < -0.4 is 0 Å². The summed E-state index contributed by atoms with van der Waals surface area (Å²) in [6.07, 6.45) is 1.59. The van der Waals surface area contributed by atoms with E-state index in [1.165, 1.54) is 4.90 Å². The minimum Gasteiger partial charge on any atom is -0.395 e. The quantitative estimate of drug-likeness (QED) is 0.822. The number of pyridine rings is 1. The van der Waals surface area contributed by atoms with Crippen molar-refractivity contribution in [3.8, 4) is 5.82 Å². The van der Waals surface area contributed by atoms with Crippen molar-refractivity contribution in [2.24, 2.45) is 0 Å². The van der Waals surface area contributed by atoms with E-state index in [0.29, 0.717) is 12.4 Å². The second-order valence-electron chi connectivity index (χ2n) is 5.10. The van der Waals surface area contributed by atoms with Gasteiger partial charge in [-0.25, -0.2) is 9.67 Å². The maximum Gasteiger partial charge on any atom is 0.274 e. The number of carbonyl (C=O) groups is 1. The molecule has 23 heavy (non-hydrogen) atoms. The number of aliphatic hydroxyl groups excluding tert-OH is 1. The fourth-order valence-electron chi connectivity index (χ4n) is 2.26. The van der Waals surface area contributed by atoms with Crippen LogP contribution in [0.15, 0.2) is 30.9 Å². The van der Waals surface area contributed by atoms with Crippen LogP contribution in [0.3, 0.4) is 0 Å². The Kier molecular flexibility index (Phi) is 5.52. The highest BCUT2D eigenvalue weighted by atomic mass is 35.5. The summed E-state index contributed by atoms with van der Waals surface area (Å²) >= 11 is 6.14. The fourth-order valence-corrected chi connectivity index (χ4v) is 2.45. The molecule has 2 rings (SSSR count). The summed E-state index contributed by atoms with van der Waals surface area (Å²) in [5.41, 5.74) is 1.90. The zero-order valence-corrected chi connectivity index (χ0v) is 13.9. The molecule has 0 atom stereocenters. The fraction of sp³-hybridized carbons (Fsp3) is 0.312. The van der Waals surface area contributed by atoms with Gasteiger partial charge in [-0.3, -0.25) is 4.79 Å². The molecule has 1 N–H and O–H groups in total. The van der Waals surface area contributed by atoms with E-state index < -0.39 is 0 Å². The monoisotopic (exact) mass is 334 g/mol. The number of carbonyl (C=O) groups excluding carboxylic acids is 1. The van der Waals surface area contributed by atoms with Gasteiger partial charge >= 0.3 is 0 Å². The molecule has 0 aromatic carbocycles. The smallest absolute Gasteiger partial charge is 0.274 e. The first-order valence-corrected chi connectivity index (χ1v) is 7.57. The van der Waals surface area contributed by atoms with E-state index >= 15 is 0 Å². The van der Waals surface area contributed by atoms with Crippen LogP contribution in [0.2, 0.25) is 5.02 Å². The Morgan fingerprint density at radius 3 is 2.78 bits per heavy atom. The summed E-state index contributed by atoms with van der Waals surface area (Å²) in [6, 6.07) is 5.26. The summed E-state index contributed by atoms with van der Waals surface area (Å²) in [6.45, 7) is 7.77. The van der Waals surface area contributed by atoms with Crippen LogP contribution in [0.25, 0.3) is 5.82 Å². The van der Waals surface area contributed by atoms with E-state index in [-0.39, 0.29) is 29.8 Å². The Hall–Kier alpha value is -2.18. The highest BCUT2D eigenvalue weighted by molar-refractivity contribution is 6.33. The number of halogens is 1. The van der Waals surface area contributed by atoms with E-state index in [2.05, 4.69) is 16.7 Å². The highest BCUT2D eigenvalue weighted by Crippen LogP contribution is 2.19. The molecular weight excluding hydrogens is 316 g/mol. The third kappa shape index (κ3) is 3.78. The van der Waals surface area contributed by atoms with Crippen molar-refractivity contribution in [2.45, 2.75) is 13.8 Å². The molecule has 0 aliphatic heterocycles. The van der Waals surface area contributed by atoms with Gasteiger partial charge in [0.25, 0.3) is 5.91 Å². The number of nitrogens with zero attached hydrogens (tertiary/aromatic N) is 4. The van der Waals surface area contributed by atoms with E-state index in [1.807, 2.05) is 19.9 Å². The molecule has 122 valence electrons. The molecular formula is C16H19ClN4O2. The van der Waals surface area contributed by atoms with Gasteiger partial charge < -0.3 is 10.0 Å². The average molecular weight is 335 g/mol. The molecule has 0 aliphatic rings. The van der Waals surface area contributed by atoms with E-state index in [4.69, 9.17) is 16.7 Å². The van der Waals surface area contributed by atoms with Crippen molar-refractivity contribution in [3.63, 3.8) is 0 Å². The second-order valence-corrected chi connectivity index (χ2v) is 5.51. The van der Waals surface area contributed by atoms with Gasteiger partial charge in [0.1, 0.15) is 5.69 Å². The summed E-state index contributed by atoms with van der Waals surface area (Å²) < 4.78 is 1.66. The predicted octanol–water partition coefficient (Wildman–Crippen LogP) is 2.16. The van der Waals surface area contributed by atoms with Gasteiger partial charge in [-0.1, -0.05) is 17.7 Å². The number of amides is 1. The van der Waals surface area contributed by atoms with Crippen molar-refractivity contribution in [1.82, 2.24) is 19.7 Å². The van der Waals surface area contributed by atoms with Gasteiger partial charge in [0.05, 0.1) is 17.3 Å². The van der Waals surface area contributed by atoms with Crippen molar-refractivity contribution in [2.75, 3.05) is 19.7 Å². The van der Waals surface area contributed by atoms with Gasteiger partial charge in [0, 0.05) is 18.8 Å². The number of aromatic nitrogens is 3. The molecule has 0 fully saturated rings. The molecule has 0 saturated heterocycles. The van der Waals surface area contributed by atoms with E-state index in [0.717, 1.165) is 11.4 Å². The van der Waals surface area contributed by atoms with E-state index in [9.17, 15) is 4.79 Å². The number of hydrogen-bond acceptors (Lipinski definition) is 4. The van der Waals surface area contributed by atoms with Crippen molar-refractivity contribution < 1.29 is 9.90 Å². The molecule has 0 radical (unpaired) electrons. The summed E-state index contributed by atoms with van der Waals surface area (Å²) in [5, 5.41) is 13.7. The lowest BCUT2D eigenvalue weighted by Crippen LogP contribution is -2.34. The predicted molar refractivity (Wildman–Crippen MR) is 89.0 cm³/mol. The van der Waals surface area contributed by atoms with Gasteiger partial charge in [-0.05, 0) is 32.0 Å². The maximum absolute atomic E-state index is 12.6. The van der Waals surface area contributed by atoms with Crippen LogP contribution in [0.4, 0.5) is 0 Å². The van der Waals surface area contributed by atoms with Crippen LogP contribution >= 0.6 is 11.6 Å². The van der Waals surface area contributed by atoms with Gasteiger partial charge in [0.15, 0.2) is 5.82 Å². The molecule has 0 saturated carbocycles. The minimum atomic E-state index is -0.354. The van der Waals surface area contributed by atoms with Crippen molar-refractivity contribution >= 4 is 17.5 Å². The summed E-state index contributed by atoms with van der Waals surface area (Å²) in [4.78, 5) is 18.4. The van der Waals surface area contributed by atoms with Gasteiger partial charge in [-0.15, -0.1) is 6.58 Å². The first-order valence-electron chi connectivity index (χ1n) is 7.19. The lowest BCUT2D eigenvalue weighted by atomic mass is 10.3. The highest BCUT2D eigenvalue weighted by Gasteiger charge is 2.20. The third-order valence-electron chi connectivity index (χ3n) is 3.27. The first-order chi connectivity index (χ1) is 11.0. The van der Waals surface area contributed by atoms with Crippen LogP contribution in [0.1, 0.15) is 21.9 Å². The lowest BCUT2D eigenvalue weighted by Gasteiger charge is -2.20. The van der Waals surface area contributed by atoms with E-state index in [1.54, 1.807) is 22.9 Å². The average Bonchev–Trinajstić information content (AvgIpc) is 2.85. The standard InChI is InChI=1S/C16H19ClN4O2/c1-4-7-20(8-9-22)16(23)15-13(17)5-6-14(18-15)21-12(3)10-11(2)19-21/h4-6,10,22H,1,7-9H2,2-3H3. The number of rotatable bonds is 6. The number of aryl methyl sites for hydroxylation is 2. The van der Waals surface area contributed by atoms with Gasteiger partial charge in [-0.2, -0.15) is 5.10 Å². The Morgan fingerprint density at radius 1 is 1.48 bits per heavy atom. The first kappa shape index (κ1) is 17.2. The van der Waals surface area contributed by atoms with Gasteiger partial charge in [0.2, 0.25) is 0 Å². The molecule has 2 aromatic heterocycles. The molecule has 0 bridgehead atoms. The normalized spacial score (nSPS) is 10.6. The van der Waals surface area contributed by atoms with Crippen molar-refractivity contribution in [1.29, 1.82) is 0 Å². The largest absolute Gasteiger partial charge is 0.395 e. The number of hydrogen-bond donors (Lipinski definition) is 1. The molecule has 0 aliphatic carbocycles. The topological polar surface area (TPSA) is 71.2 Å². The Labute approximate surface area is 140 Å². The molecule has 0 unspecified atom stereocenters. The third-order valence-corrected chi connectivity index (χ3v) is 3.57.